The maximum absolute atomic E-state index is 12.2. The van der Waals surface area contributed by atoms with Crippen molar-refractivity contribution in [1.82, 2.24) is 4.90 Å². The second-order valence-corrected chi connectivity index (χ2v) is 13.6. The van der Waals surface area contributed by atoms with Gasteiger partial charge in [0.05, 0.1) is 19.2 Å². The van der Waals surface area contributed by atoms with Crippen molar-refractivity contribution in [3.05, 3.63) is 29.3 Å². The maximum atomic E-state index is 12.2. The Balaban J connectivity index is 1.84. The van der Waals surface area contributed by atoms with Gasteiger partial charge in [0.15, 0.2) is 14.4 Å². The third-order valence-corrected chi connectivity index (χ3v) is 9.89. The van der Waals surface area contributed by atoms with Gasteiger partial charge in [-0.15, -0.1) is 0 Å². The number of halogens is 1. The van der Waals surface area contributed by atoms with Crippen LogP contribution in [0.15, 0.2) is 24.3 Å². The van der Waals surface area contributed by atoms with Crippen LogP contribution in [0, 0.1) is 0 Å². The fourth-order valence-corrected chi connectivity index (χ4v) is 3.64. The monoisotopic (exact) mass is 399 g/mol. The molecule has 0 aliphatic carbocycles. The maximum Gasteiger partial charge on any atom is 0.410 e. The normalized spacial score (nSPS) is 19.4. The summed E-state index contributed by atoms with van der Waals surface area (Å²) in [6.45, 7) is 14.4. The van der Waals surface area contributed by atoms with Crippen LogP contribution in [0.1, 0.15) is 27.7 Å². The van der Waals surface area contributed by atoms with Crippen molar-refractivity contribution in [2.45, 2.75) is 58.0 Å². The molecule has 0 N–H and O–H groups in total. The molecule has 0 unspecified atom stereocenters. The highest BCUT2D eigenvalue weighted by Crippen LogP contribution is 2.36. The Morgan fingerprint density at radius 1 is 1.38 bits per heavy atom. The molecule has 0 bridgehead atoms. The molecule has 1 aliphatic rings. The van der Waals surface area contributed by atoms with Crippen molar-refractivity contribution in [3.63, 3.8) is 0 Å². The molecule has 146 valence electrons. The fraction of sp³-hybridized carbons (Fsp3) is 0.632. The predicted octanol–water partition coefficient (Wildman–Crippen LogP) is 4.95. The zero-order chi connectivity index (χ0) is 19.5. The quantitative estimate of drug-likeness (QED) is 0.608. The number of rotatable bonds is 7. The van der Waals surface area contributed by atoms with Crippen LogP contribution in [0.4, 0.5) is 4.79 Å². The van der Waals surface area contributed by atoms with Crippen molar-refractivity contribution in [3.8, 4) is 5.75 Å². The van der Waals surface area contributed by atoms with Gasteiger partial charge in [0.25, 0.3) is 0 Å². The van der Waals surface area contributed by atoms with E-state index in [1.807, 2.05) is 19.1 Å². The zero-order valence-corrected chi connectivity index (χ0v) is 18.3. The van der Waals surface area contributed by atoms with Crippen LogP contribution in [0.5, 0.6) is 5.75 Å². The number of cyclic esters (lactones) is 1. The SMILES string of the molecule is C[C@@H](CO[Si](C)(C)C(C)(C)C)N1C[C@H](COc2cccc(Cl)c2)OC1=O. The average molecular weight is 400 g/mol. The van der Waals surface area contributed by atoms with E-state index in [1.165, 1.54) is 0 Å². The fourth-order valence-electron chi connectivity index (χ4n) is 2.37. The molecule has 0 spiro atoms. The minimum atomic E-state index is -1.84. The summed E-state index contributed by atoms with van der Waals surface area (Å²) in [5.41, 5.74) is 0. The Bertz CT molecular complexity index is 632. The van der Waals surface area contributed by atoms with Gasteiger partial charge in [-0.05, 0) is 43.3 Å². The summed E-state index contributed by atoms with van der Waals surface area (Å²) in [6, 6.07) is 7.15. The van der Waals surface area contributed by atoms with Crippen molar-refractivity contribution >= 4 is 26.0 Å². The average Bonchev–Trinajstić information content (AvgIpc) is 2.91. The van der Waals surface area contributed by atoms with Crippen molar-refractivity contribution < 1.29 is 18.7 Å². The van der Waals surface area contributed by atoms with Gasteiger partial charge in [-0.3, -0.25) is 4.90 Å². The third kappa shape index (κ3) is 5.38. The molecule has 0 aromatic heterocycles. The highest BCUT2D eigenvalue weighted by molar-refractivity contribution is 6.74. The van der Waals surface area contributed by atoms with Crippen molar-refractivity contribution in [1.29, 1.82) is 0 Å². The molecule has 1 fully saturated rings. The molecule has 1 saturated heterocycles. The number of ether oxygens (including phenoxy) is 2. The predicted molar refractivity (Wildman–Crippen MR) is 107 cm³/mol. The van der Waals surface area contributed by atoms with E-state index in [9.17, 15) is 4.79 Å². The van der Waals surface area contributed by atoms with E-state index in [-0.39, 0.29) is 23.3 Å². The van der Waals surface area contributed by atoms with E-state index in [2.05, 4.69) is 33.9 Å². The van der Waals surface area contributed by atoms with E-state index >= 15 is 0 Å². The molecule has 7 heteroatoms. The summed E-state index contributed by atoms with van der Waals surface area (Å²) >= 11 is 5.95. The number of amides is 1. The molecule has 1 amide bonds. The minimum Gasteiger partial charge on any atom is -0.490 e. The molecule has 1 heterocycles. The first-order valence-electron chi connectivity index (χ1n) is 8.99. The first kappa shape index (κ1) is 21.1. The largest absolute Gasteiger partial charge is 0.490 e. The van der Waals surface area contributed by atoms with Crippen molar-refractivity contribution in [2.75, 3.05) is 19.8 Å². The van der Waals surface area contributed by atoms with Crippen LogP contribution >= 0.6 is 11.6 Å². The molecule has 0 saturated carbocycles. The first-order chi connectivity index (χ1) is 12.0. The highest BCUT2D eigenvalue weighted by atomic mass is 35.5. The lowest BCUT2D eigenvalue weighted by Gasteiger charge is -2.37. The molecule has 1 aromatic carbocycles. The Morgan fingerprint density at radius 3 is 2.69 bits per heavy atom. The topological polar surface area (TPSA) is 48.0 Å². The van der Waals surface area contributed by atoms with Crippen LogP contribution in [0.2, 0.25) is 23.2 Å². The molecule has 1 aliphatic heterocycles. The molecule has 26 heavy (non-hydrogen) atoms. The number of benzene rings is 1. The Labute approximate surface area is 162 Å². The van der Waals surface area contributed by atoms with E-state index < -0.39 is 8.32 Å². The number of carbonyl (C=O) groups excluding carboxylic acids is 1. The van der Waals surface area contributed by atoms with E-state index in [4.69, 9.17) is 25.5 Å². The lowest BCUT2D eigenvalue weighted by atomic mass is 10.2. The highest BCUT2D eigenvalue weighted by Gasteiger charge is 2.39. The number of nitrogens with zero attached hydrogens (tertiary/aromatic N) is 1. The smallest absolute Gasteiger partial charge is 0.410 e. The summed E-state index contributed by atoms with van der Waals surface area (Å²) in [4.78, 5) is 13.9. The number of carbonyl (C=O) groups is 1. The molecule has 1 aromatic rings. The third-order valence-electron chi connectivity index (χ3n) is 5.16. The van der Waals surface area contributed by atoms with Gasteiger partial charge in [-0.2, -0.15) is 0 Å². The first-order valence-corrected chi connectivity index (χ1v) is 12.3. The lowest BCUT2D eigenvalue weighted by Crippen LogP contribution is -2.46. The van der Waals surface area contributed by atoms with Gasteiger partial charge in [0.1, 0.15) is 12.4 Å². The van der Waals surface area contributed by atoms with Crippen LogP contribution in [0.3, 0.4) is 0 Å². The summed E-state index contributed by atoms with van der Waals surface area (Å²) in [5, 5.41) is 0.759. The van der Waals surface area contributed by atoms with Crippen LogP contribution in [0.25, 0.3) is 0 Å². The molecule has 0 radical (unpaired) electrons. The molecular formula is C19H30ClNO4Si. The van der Waals surface area contributed by atoms with E-state index in [1.54, 1.807) is 17.0 Å². The Kier molecular flexibility index (Phi) is 6.63. The van der Waals surface area contributed by atoms with Gasteiger partial charge in [-0.25, -0.2) is 4.79 Å². The molecule has 2 rings (SSSR count). The van der Waals surface area contributed by atoms with Gasteiger partial charge in [0.2, 0.25) is 0 Å². The Hall–Kier alpha value is -1.24. The summed E-state index contributed by atoms with van der Waals surface area (Å²) in [5.74, 6) is 0.668. The van der Waals surface area contributed by atoms with E-state index in [0.717, 1.165) is 0 Å². The summed E-state index contributed by atoms with van der Waals surface area (Å²) < 4.78 is 17.4. The number of hydrogen-bond acceptors (Lipinski definition) is 4. The summed E-state index contributed by atoms with van der Waals surface area (Å²) in [7, 11) is -1.84. The van der Waals surface area contributed by atoms with Gasteiger partial charge >= 0.3 is 6.09 Å². The van der Waals surface area contributed by atoms with Crippen LogP contribution in [-0.4, -0.2) is 51.2 Å². The van der Waals surface area contributed by atoms with Gasteiger partial charge < -0.3 is 13.9 Å². The second-order valence-electron chi connectivity index (χ2n) is 8.35. The molecular weight excluding hydrogens is 370 g/mol. The van der Waals surface area contributed by atoms with Crippen molar-refractivity contribution in [2.24, 2.45) is 0 Å². The van der Waals surface area contributed by atoms with Gasteiger partial charge in [0, 0.05) is 5.02 Å². The second kappa shape index (κ2) is 8.19. The summed E-state index contributed by atoms with van der Waals surface area (Å²) in [6.07, 6.45) is -0.604. The van der Waals surface area contributed by atoms with E-state index in [0.29, 0.717) is 30.5 Å². The molecule has 5 nitrogen and oxygen atoms in total. The zero-order valence-electron chi connectivity index (χ0n) is 16.5. The lowest BCUT2D eigenvalue weighted by molar-refractivity contribution is 0.1000. The molecule has 2 atom stereocenters. The standard InChI is InChI=1S/C19H30ClNO4Si/c1-14(12-24-26(5,6)19(2,3)4)21-11-17(25-18(21)22)13-23-16-9-7-8-15(20)10-16/h7-10,14,17H,11-13H2,1-6H3/t14-,17+/m0/s1. The minimum absolute atomic E-state index is 0.0344. The van der Waals surface area contributed by atoms with Crippen LogP contribution < -0.4 is 4.74 Å². The van der Waals surface area contributed by atoms with Crippen LogP contribution in [-0.2, 0) is 9.16 Å². The van der Waals surface area contributed by atoms with Gasteiger partial charge in [-0.1, -0.05) is 38.4 Å². The number of hydrogen-bond donors (Lipinski definition) is 0. The Morgan fingerprint density at radius 2 is 2.08 bits per heavy atom.